The largest absolute Gasteiger partial charge is 0.493 e. The summed E-state index contributed by atoms with van der Waals surface area (Å²) in [4.78, 5) is 27.4. The van der Waals surface area contributed by atoms with E-state index in [1.165, 1.54) is 33.5 Å². The summed E-state index contributed by atoms with van der Waals surface area (Å²) in [5.74, 6) is 0.123. The van der Waals surface area contributed by atoms with Crippen LogP contribution in [0, 0.1) is 11.7 Å². The van der Waals surface area contributed by atoms with Crippen LogP contribution in [0.3, 0.4) is 0 Å². The number of nitrogens with zero attached hydrogens (tertiary/aromatic N) is 1. The first-order valence-corrected chi connectivity index (χ1v) is 10.8. The molecule has 1 fully saturated rings. The molecule has 1 aliphatic rings. The standard InChI is InChI=1S/C24H30FN3O5/c1-5-26-24(30)28-13-18(16-10-20(31-2)22(33-4)21(11-16)32-3)19(14-28)23(29)27-12-15-6-8-17(25)9-7-15/h6-11,18-19H,5,12-14H2,1-4H3,(H,26,30)(H,27,29)/t18-,19-/m1/s1. The lowest BCUT2D eigenvalue weighted by Gasteiger charge is -2.21. The number of likely N-dealkylation sites (tertiary alicyclic amines) is 1. The van der Waals surface area contributed by atoms with E-state index in [-0.39, 0.29) is 36.8 Å². The zero-order valence-electron chi connectivity index (χ0n) is 19.3. The van der Waals surface area contributed by atoms with E-state index in [2.05, 4.69) is 10.6 Å². The van der Waals surface area contributed by atoms with Crippen molar-refractivity contribution in [2.45, 2.75) is 19.4 Å². The van der Waals surface area contributed by atoms with Gasteiger partial charge >= 0.3 is 6.03 Å². The molecule has 0 radical (unpaired) electrons. The molecular weight excluding hydrogens is 429 g/mol. The third-order valence-electron chi connectivity index (χ3n) is 5.77. The topological polar surface area (TPSA) is 89.1 Å². The number of nitrogens with one attached hydrogen (secondary N) is 2. The molecule has 1 heterocycles. The van der Waals surface area contributed by atoms with Crippen LogP contribution in [-0.4, -0.2) is 57.8 Å². The van der Waals surface area contributed by atoms with Crippen LogP contribution in [-0.2, 0) is 11.3 Å². The fourth-order valence-electron chi connectivity index (χ4n) is 4.07. The number of carbonyl (C=O) groups excluding carboxylic acids is 2. The normalized spacial score (nSPS) is 17.4. The molecule has 178 valence electrons. The number of carbonyl (C=O) groups is 2. The van der Waals surface area contributed by atoms with E-state index in [0.717, 1.165) is 11.1 Å². The predicted octanol–water partition coefficient (Wildman–Crippen LogP) is 2.91. The Labute approximate surface area is 193 Å². The van der Waals surface area contributed by atoms with Crippen molar-refractivity contribution >= 4 is 11.9 Å². The molecule has 1 saturated heterocycles. The molecule has 2 atom stereocenters. The summed E-state index contributed by atoms with van der Waals surface area (Å²) in [6.45, 7) is 3.23. The molecule has 3 amide bonds. The number of hydrogen-bond acceptors (Lipinski definition) is 5. The monoisotopic (exact) mass is 459 g/mol. The van der Waals surface area contributed by atoms with Crippen molar-refractivity contribution in [2.75, 3.05) is 41.0 Å². The van der Waals surface area contributed by atoms with Gasteiger partial charge in [0.05, 0.1) is 27.2 Å². The average molecular weight is 460 g/mol. The molecule has 9 heteroatoms. The number of benzene rings is 2. The number of halogens is 1. The molecule has 2 aromatic carbocycles. The van der Waals surface area contributed by atoms with Crippen molar-refractivity contribution in [1.29, 1.82) is 0 Å². The van der Waals surface area contributed by atoms with Crippen LogP contribution in [0.5, 0.6) is 17.2 Å². The van der Waals surface area contributed by atoms with E-state index in [1.54, 1.807) is 17.0 Å². The number of ether oxygens (including phenoxy) is 3. The quantitative estimate of drug-likeness (QED) is 0.634. The van der Waals surface area contributed by atoms with Gasteiger partial charge in [-0.25, -0.2) is 9.18 Å². The van der Waals surface area contributed by atoms with Crippen LogP contribution in [0.15, 0.2) is 36.4 Å². The molecular formula is C24H30FN3O5. The van der Waals surface area contributed by atoms with Crippen LogP contribution in [0.2, 0.25) is 0 Å². The fourth-order valence-corrected chi connectivity index (χ4v) is 4.07. The molecule has 8 nitrogen and oxygen atoms in total. The lowest BCUT2D eigenvalue weighted by molar-refractivity contribution is -0.125. The highest BCUT2D eigenvalue weighted by Gasteiger charge is 2.41. The molecule has 2 aromatic rings. The van der Waals surface area contributed by atoms with Crippen molar-refractivity contribution in [1.82, 2.24) is 15.5 Å². The Bertz CT molecular complexity index is 958. The van der Waals surface area contributed by atoms with Gasteiger partial charge in [-0.05, 0) is 42.3 Å². The molecule has 0 unspecified atom stereocenters. The van der Waals surface area contributed by atoms with Crippen molar-refractivity contribution in [3.05, 3.63) is 53.3 Å². The maximum absolute atomic E-state index is 13.2. The second-order valence-corrected chi connectivity index (χ2v) is 7.76. The summed E-state index contributed by atoms with van der Waals surface area (Å²) in [5.41, 5.74) is 1.59. The molecule has 0 aliphatic carbocycles. The lowest BCUT2D eigenvalue weighted by atomic mass is 9.87. The minimum absolute atomic E-state index is 0.190. The van der Waals surface area contributed by atoms with E-state index >= 15 is 0 Å². The van der Waals surface area contributed by atoms with Crippen LogP contribution in [0.4, 0.5) is 9.18 Å². The van der Waals surface area contributed by atoms with Gasteiger partial charge in [-0.1, -0.05) is 12.1 Å². The van der Waals surface area contributed by atoms with Crippen LogP contribution < -0.4 is 24.8 Å². The van der Waals surface area contributed by atoms with Gasteiger partial charge in [0.2, 0.25) is 11.7 Å². The number of amides is 3. The smallest absolute Gasteiger partial charge is 0.317 e. The van der Waals surface area contributed by atoms with Gasteiger partial charge in [0, 0.05) is 32.1 Å². The van der Waals surface area contributed by atoms with Crippen molar-refractivity contribution < 1.29 is 28.2 Å². The van der Waals surface area contributed by atoms with Gasteiger partial charge in [0.25, 0.3) is 0 Å². The van der Waals surface area contributed by atoms with E-state index in [4.69, 9.17) is 14.2 Å². The van der Waals surface area contributed by atoms with Crippen LogP contribution in [0.25, 0.3) is 0 Å². The highest BCUT2D eigenvalue weighted by atomic mass is 19.1. The van der Waals surface area contributed by atoms with E-state index in [9.17, 15) is 14.0 Å². The Morgan fingerprint density at radius 3 is 2.18 bits per heavy atom. The molecule has 2 N–H and O–H groups in total. The molecule has 0 saturated carbocycles. The van der Waals surface area contributed by atoms with E-state index in [1.807, 2.05) is 19.1 Å². The highest BCUT2D eigenvalue weighted by Crippen LogP contribution is 2.43. The maximum Gasteiger partial charge on any atom is 0.317 e. The summed E-state index contributed by atoms with van der Waals surface area (Å²) in [5, 5.41) is 5.72. The molecule has 0 aromatic heterocycles. The molecule has 0 spiro atoms. The summed E-state index contributed by atoms with van der Waals surface area (Å²) in [6.07, 6.45) is 0. The molecule has 3 rings (SSSR count). The average Bonchev–Trinajstić information content (AvgIpc) is 3.28. The van der Waals surface area contributed by atoms with E-state index in [0.29, 0.717) is 30.3 Å². The number of urea groups is 1. The summed E-state index contributed by atoms with van der Waals surface area (Å²) in [7, 11) is 4.59. The first-order valence-electron chi connectivity index (χ1n) is 10.8. The van der Waals surface area contributed by atoms with Crippen molar-refractivity contribution in [3.63, 3.8) is 0 Å². The number of hydrogen-bond donors (Lipinski definition) is 2. The third-order valence-corrected chi connectivity index (χ3v) is 5.77. The summed E-state index contributed by atoms with van der Waals surface area (Å²) in [6, 6.07) is 9.37. The Hall–Kier alpha value is -3.49. The van der Waals surface area contributed by atoms with Crippen molar-refractivity contribution in [3.8, 4) is 17.2 Å². The Balaban J connectivity index is 1.88. The third kappa shape index (κ3) is 5.47. The predicted molar refractivity (Wildman–Crippen MR) is 121 cm³/mol. The van der Waals surface area contributed by atoms with Gasteiger partial charge in [-0.15, -0.1) is 0 Å². The zero-order chi connectivity index (χ0) is 24.0. The lowest BCUT2D eigenvalue weighted by Crippen LogP contribution is -2.39. The first kappa shape index (κ1) is 24.2. The summed E-state index contributed by atoms with van der Waals surface area (Å²) >= 11 is 0. The molecule has 33 heavy (non-hydrogen) atoms. The Kier molecular flexibility index (Phi) is 7.97. The Morgan fingerprint density at radius 1 is 1.00 bits per heavy atom. The number of rotatable bonds is 8. The Morgan fingerprint density at radius 2 is 1.64 bits per heavy atom. The minimum Gasteiger partial charge on any atom is -0.493 e. The first-order chi connectivity index (χ1) is 15.9. The van der Waals surface area contributed by atoms with Gasteiger partial charge < -0.3 is 29.7 Å². The highest BCUT2D eigenvalue weighted by molar-refractivity contribution is 5.83. The fraction of sp³-hybridized carbons (Fsp3) is 0.417. The second kappa shape index (κ2) is 10.9. The zero-order valence-corrected chi connectivity index (χ0v) is 19.3. The second-order valence-electron chi connectivity index (χ2n) is 7.76. The minimum atomic E-state index is -0.490. The summed E-state index contributed by atoms with van der Waals surface area (Å²) < 4.78 is 29.5. The van der Waals surface area contributed by atoms with Crippen LogP contribution >= 0.6 is 0 Å². The maximum atomic E-state index is 13.2. The molecule has 1 aliphatic heterocycles. The molecule has 0 bridgehead atoms. The number of methoxy groups -OCH3 is 3. The van der Waals surface area contributed by atoms with Crippen LogP contribution in [0.1, 0.15) is 24.0 Å². The van der Waals surface area contributed by atoms with Gasteiger partial charge in [0.1, 0.15) is 5.82 Å². The van der Waals surface area contributed by atoms with Gasteiger partial charge in [-0.2, -0.15) is 0 Å². The van der Waals surface area contributed by atoms with Gasteiger partial charge in [-0.3, -0.25) is 4.79 Å². The van der Waals surface area contributed by atoms with E-state index < -0.39 is 5.92 Å². The SMILES string of the molecule is CCNC(=O)N1C[C@H](c2cc(OC)c(OC)c(OC)c2)[C@H](C(=O)NCc2ccc(F)cc2)C1. The van der Waals surface area contributed by atoms with Crippen molar-refractivity contribution in [2.24, 2.45) is 5.92 Å². The van der Waals surface area contributed by atoms with Gasteiger partial charge in [0.15, 0.2) is 11.5 Å².